The van der Waals surface area contributed by atoms with E-state index in [1.54, 1.807) is 24.3 Å². The van der Waals surface area contributed by atoms with Crippen molar-refractivity contribution < 1.29 is 9.18 Å². The molecule has 0 saturated carbocycles. The lowest BCUT2D eigenvalue weighted by molar-refractivity contribution is 0.102. The number of carbonyl (C=O) groups excluding carboxylic acids is 1. The summed E-state index contributed by atoms with van der Waals surface area (Å²) in [7, 11) is 0. The molecule has 2 aromatic rings. The molecule has 0 saturated heterocycles. The van der Waals surface area contributed by atoms with E-state index in [0.29, 0.717) is 20.6 Å². The van der Waals surface area contributed by atoms with Crippen LogP contribution >= 0.6 is 28.6 Å². The number of anilines is 1. The first kappa shape index (κ1) is 13.1. The zero-order valence-electron chi connectivity index (χ0n) is 9.15. The Labute approximate surface area is 118 Å². The van der Waals surface area contributed by atoms with Crippen molar-refractivity contribution in [2.24, 2.45) is 0 Å². The molecular weight excluding hydrogens is 317 g/mol. The summed E-state index contributed by atoms with van der Waals surface area (Å²) >= 11 is 7.36. The molecular formula is C13H9BrFNOS. The Morgan fingerprint density at radius 1 is 1.22 bits per heavy atom. The largest absolute Gasteiger partial charge is 0.321 e. The predicted molar refractivity (Wildman–Crippen MR) is 75.7 cm³/mol. The highest BCUT2D eigenvalue weighted by molar-refractivity contribution is 9.10. The molecule has 0 bridgehead atoms. The molecule has 0 aliphatic heterocycles. The normalized spacial score (nSPS) is 10.2. The van der Waals surface area contributed by atoms with E-state index in [-0.39, 0.29) is 11.7 Å². The number of hydrogen-bond donors (Lipinski definition) is 2. The lowest BCUT2D eigenvalue weighted by Crippen LogP contribution is -2.12. The molecule has 1 N–H and O–H groups in total. The molecule has 5 heteroatoms. The van der Waals surface area contributed by atoms with Gasteiger partial charge in [0.15, 0.2) is 0 Å². The second-order valence-corrected chi connectivity index (χ2v) is 5.00. The summed E-state index contributed by atoms with van der Waals surface area (Å²) in [6.45, 7) is 0. The Morgan fingerprint density at radius 3 is 2.67 bits per heavy atom. The molecule has 0 aromatic heterocycles. The van der Waals surface area contributed by atoms with E-state index in [4.69, 9.17) is 0 Å². The fourth-order valence-corrected chi connectivity index (χ4v) is 2.11. The van der Waals surface area contributed by atoms with Gasteiger partial charge in [0, 0.05) is 14.9 Å². The third-order valence-electron chi connectivity index (χ3n) is 2.29. The first-order chi connectivity index (χ1) is 8.56. The van der Waals surface area contributed by atoms with Crippen molar-refractivity contribution in [1.29, 1.82) is 0 Å². The van der Waals surface area contributed by atoms with Gasteiger partial charge in [-0.15, -0.1) is 12.6 Å². The number of amides is 1. The minimum Gasteiger partial charge on any atom is -0.321 e. The fraction of sp³-hybridized carbons (Fsp3) is 0. The van der Waals surface area contributed by atoms with Crippen LogP contribution < -0.4 is 5.32 Å². The van der Waals surface area contributed by atoms with Crippen LogP contribution in [0.3, 0.4) is 0 Å². The van der Waals surface area contributed by atoms with Gasteiger partial charge in [-0.25, -0.2) is 4.39 Å². The van der Waals surface area contributed by atoms with Crippen molar-refractivity contribution in [2.75, 3.05) is 5.32 Å². The molecule has 2 rings (SSSR count). The third-order valence-corrected chi connectivity index (χ3v) is 3.22. The quantitative estimate of drug-likeness (QED) is 0.799. The number of halogens is 2. The molecule has 2 aromatic carbocycles. The standard InChI is InChI=1S/C13H9BrFNOS/c14-11-7-9(15)4-5-12(11)16-13(17)8-2-1-3-10(18)6-8/h1-7,18H,(H,16,17). The van der Waals surface area contributed by atoms with Crippen LogP contribution in [-0.4, -0.2) is 5.91 Å². The summed E-state index contributed by atoms with van der Waals surface area (Å²) < 4.78 is 13.4. The second-order valence-electron chi connectivity index (χ2n) is 3.63. The van der Waals surface area contributed by atoms with Crippen molar-refractivity contribution in [3.63, 3.8) is 0 Å². The molecule has 0 radical (unpaired) electrons. The van der Waals surface area contributed by atoms with Gasteiger partial charge in [-0.2, -0.15) is 0 Å². The van der Waals surface area contributed by atoms with Crippen LogP contribution in [0, 0.1) is 5.82 Å². The molecule has 18 heavy (non-hydrogen) atoms. The number of hydrogen-bond acceptors (Lipinski definition) is 2. The van der Waals surface area contributed by atoms with Gasteiger partial charge >= 0.3 is 0 Å². The summed E-state index contributed by atoms with van der Waals surface area (Å²) in [6.07, 6.45) is 0. The summed E-state index contributed by atoms with van der Waals surface area (Å²) in [6, 6.07) is 11.0. The predicted octanol–water partition coefficient (Wildman–Crippen LogP) is 4.13. The molecule has 0 aliphatic carbocycles. The number of benzene rings is 2. The average Bonchev–Trinajstić information content (AvgIpc) is 2.32. The Kier molecular flexibility index (Phi) is 4.04. The van der Waals surface area contributed by atoms with Gasteiger partial charge in [0.2, 0.25) is 0 Å². The third kappa shape index (κ3) is 3.11. The van der Waals surface area contributed by atoms with Crippen LogP contribution in [0.15, 0.2) is 51.8 Å². The maximum Gasteiger partial charge on any atom is 0.255 e. The van der Waals surface area contributed by atoms with Gasteiger partial charge in [0.25, 0.3) is 5.91 Å². The van der Waals surface area contributed by atoms with Crippen molar-refractivity contribution >= 4 is 40.2 Å². The van der Waals surface area contributed by atoms with Crippen molar-refractivity contribution in [3.05, 3.63) is 58.3 Å². The highest BCUT2D eigenvalue weighted by Crippen LogP contribution is 2.23. The first-order valence-corrected chi connectivity index (χ1v) is 6.36. The summed E-state index contributed by atoms with van der Waals surface area (Å²) in [4.78, 5) is 12.7. The minimum absolute atomic E-state index is 0.266. The number of rotatable bonds is 2. The first-order valence-electron chi connectivity index (χ1n) is 5.12. The number of nitrogens with one attached hydrogen (secondary N) is 1. The second kappa shape index (κ2) is 5.54. The van der Waals surface area contributed by atoms with E-state index in [9.17, 15) is 9.18 Å². The van der Waals surface area contributed by atoms with Gasteiger partial charge in [0.05, 0.1) is 5.69 Å². The van der Waals surface area contributed by atoms with E-state index in [1.807, 2.05) is 0 Å². The SMILES string of the molecule is O=C(Nc1ccc(F)cc1Br)c1cccc(S)c1. The zero-order valence-corrected chi connectivity index (χ0v) is 11.6. The van der Waals surface area contributed by atoms with Gasteiger partial charge < -0.3 is 5.32 Å². The van der Waals surface area contributed by atoms with Crippen LogP contribution in [-0.2, 0) is 0 Å². The highest BCUT2D eigenvalue weighted by atomic mass is 79.9. The molecule has 2 nitrogen and oxygen atoms in total. The maximum atomic E-state index is 12.9. The van der Waals surface area contributed by atoms with Crippen LogP contribution in [0.25, 0.3) is 0 Å². The lowest BCUT2D eigenvalue weighted by Gasteiger charge is -2.07. The smallest absolute Gasteiger partial charge is 0.255 e. The zero-order chi connectivity index (χ0) is 13.1. The lowest BCUT2D eigenvalue weighted by atomic mass is 10.2. The van der Waals surface area contributed by atoms with Crippen molar-refractivity contribution in [1.82, 2.24) is 0 Å². The molecule has 0 unspecified atom stereocenters. The molecule has 0 heterocycles. The van der Waals surface area contributed by atoms with Crippen LogP contribution in [0.5, 0.6) is 0 Å². The van der Waals surface area contributed by atoms with Crippen LogP contribution in [0.2, 0.25) is 0 Å². The van der Waals surface area contributed by atoms with Crippen molar-refractivity contribution in [2.45, 2.75) is 4.90 Å². The average molecular weight is 326 g/mol. The van der Waals surface area contributed by atoms with Gasteiger partial charge in [-0.1, -0.05) is 6.07 Å². The summed E-state index contributed by atoms with van der Waals surface area (Å²) in [5.41, 5.74) is 1.02. The molecule has 92 valence electrons. The van der Waals surface area contributed by atoms with E-state index >= 15 is 0 Å². The molecule has 0 spiro atoms. The summed E-state index contributed by atoms with van der Waals surface area (Å²) in [5.74, 6) is -0.629. The Hall–Kier alpha value is -1.33. The topological polar surface area (TPSA) is 29.1 Å². The van der Waals surface area contributed by atoms with Crippen LogP contribution in [0.4, 0.5) is 10.1 Å². The fourth-order valence-electron chi connectivity index (χ4n) is 1.43. The van der Waals surface area contributed by atoms with E-state index in [2.05, 4.69) is 33.9 Å². The summed E-state index contributed by atoms with van der Waals surface area (Å²) in [5, 5.41) is 2.69. The molecule has 0 atom stereocenters. The van der Waals surface area contributed by atoms with Gasteiger partial charge in [-0.05, 0) is 52.3 Å². The number of thiol groups is 1. The van der Waals surface area contributed by atoms with Gasteiger partial charge in [0.1, 0.15) is 5.82 Å². The van der Waals surface area contributed by atoms with Crippen molar-refractivity contribution in [3.8, 4) is 0 Å². The number of carbonyl (C=O) groups is 1. The van der Waals surface area contributed by atoms with Crippen LogP contribution in [0.1, 0.15) is 10.4 Å². The van der Waals surface area contributed by atoms with E-state index < -0.39 is 0 Å². The Balaban J connectivity index is 2.21. The highest BCUT2D eigenvalue weighted by Gasteiger charge is 2.08. The van der Waals surface area contributed by atoms with E-state index in [1.165, 1.54) is 18.2 Å². The molecule has 0 aliphatic rings. The monoisotopic (exact) mass is 325 g/mol. The van der Waals surface area contributed by atoms with E-state index in [0.717, 1.165) is 0 Å². The minimum atomic E-state index is -0.364. The Morgan fingerprint density at radius 2 is 2.00 bits per heavy atom. The Bertz CT molecular complexity index is 603. The molecule has 1 amide bonds. The van der Waals surface area contributed by atoms with Gasteiger partial charge in [-0.3, -0.25) is 4.79 Å². The molecule has 0 fully saturated rings. The maximum absolute atomic E-state index is 12.9.